The minimum Gasteiger partial charge on any atom is -0.337 e. The molecule has 0 bridgehead atoms. The standard InChI is InChI=1S/C22H25ClN2/c1-18-2-4-19(5-3-18)6-8-21(16-25-15-14-24-17-25)9-7-20-10-12-22(23)13-11-20/h2-5,10-15,17,21H,6-9,16H2,1H3. The van der Waals surface area contributed by atoms with Crippen molar-refractivity contribution in [2.24, 2.45) is 5.92 Å². The molecular formula is C22H25ClN2. The fraction of sp³-hybridized carbons (Fsp3) is 0.318. The molecule has 25 heavy (non-hydrogen) atoms. The highest BCUT2D eigenvalue weighted by atomic mass is 35.5. The molecule has 0 spiro atoms. The molecule has 0 fully saturated rings. The molecule has 1 atom stereocenters. The van der Waals surface area contributed by atoms with Crippen LogP contribution < -0.4 is 0 Å². The number of hydrogen-bond acceptors (Lipinski definition) is 1. The average molecular weight is 353 g/mol. The third-order valence-electron chi connectivity index (χ3n) is 4.74. The number of halogens is 1. The molecule has 0 aliphatic heterocycles. The molecule has 0 saturated carbocycles. The monoisotopic (exact) mass is 352 g/mol. The summed E-state index contributed by atoms with van der Waals surface area (Å²) < 4.78 is 2.20. The molecule has 2 nitrogen and oxygen atoms in total. The van der Waals surface area contributed by atoms with E-state index in [1.807, 2.05) is 24.7 Å². The Morgan fingerprint density at radius 2 is 1.52 bits per heavy atom. The summed E-state index contributed by atoms with van der Waals surface area (Å²) in [5.41, 5.74) is 4.10. The first-order valence-corrected chi connectivity index (χ1v) is 9.32. The number of hydrogen-bond donors (Lipinski definition) is 0. The van der Waals surface area contributed by atoms with Crippen LogP contribution in [0, 0.1) is 12.8 Å². The quantitative estimate of drug-likeness (QED) is 0.506. The fourth-order valence-electron chi connectivity index (χ4n) is 3.17. The average Bonchev–Trinajstić information content (AvgIpc) is 3.13. The molecule has 0 saturated heterocycles. The topological polar surface area (TPSA) is 17.8 Å². The van der Waals surface area contributed by atoms with Gasteiger partial charge in [-0.05, 0) is 61.8 Å². The maximum atomic E-state index is 5.99. The van der Waals surface area contributed by atoms with Crippen molar-refractivity contribution in [1.29, 1.82) is 0 Å². The zero-order chi connectivity index (χ0) is 17.5. The molecule has 1 heterocycles. The smallest absolute Gasteiger partial charge is 0.0945 e. The predicted molar refractivity (Wildman–Crippen MR) is 105 cm³/mol. The molecule has 1 unspecified atom stereocenters. The van der Waals surface area contributed by atoms with Crippen molar-refractivity contribution < 1.29 is 0 Å². The number of benzene rings is 2. The van der Waals surface area contributed by atoms with E-state index in [1.54, 1.807) is 0 Å². The van der Waals surface area contributed by atoms with E-state index in [0.717, 1.165) is 24.4 Å². The lowest BCUT2D eigenvalue weighted by Crippen LogP contribution is -2.12. The molecule has 1 aromatic heterocycles. The predicted octanol–water partition coefficient (Wildman–Crippen LogP) is 5.73. The molecule has 0 N–H and O–H groups in total. The zero-order valence-corrected chi connectivity index (χ0v) is 15.5. The maximum absolute atomic E-state index is 5.99. The Labute approximate surface area is 155 Å². The van der Waals surface area contributed by atoms with E-state index in [4.69, 9.17) is 11.6 Å². The third-order valence-corrected chi connectivity index (χ3v) is 5.00. The van der Waals surface area contributed by atoms with Crippen LogP contribution in [0.25, 0.3) is 0 Å². The molecule has 0 radical (unpaired) electrons. The lowest BCUT2D eigenvalue weighted by atomic mass is 9.93. The molecule has 3 heteroatoms. The van der Waals surface area contributed by atoms with E-state index in [0.29, 0.717) is 5.92 Å². The van der Waals surface area contributed by atoms with E-state index >= 15 is 0 Å². The fourth-order valence-corrected chi connectivity index (χ4v) is 3.29. The Hall–Kier alpha value is -2.06. The third kappa shape index (κ3) is 5.75. The van der Waals surface area contributed by atoms with Crippen LogP contribution in [0.1, 0.15) is 29.5 Å². The van der Waals surface area contributed by atoms with Crippen molar-refractivity contribution in [2.45, 2.75) is 39.2 Å². The van der Waals surface area contributed by atoms with Gasteiger partial charge in [-0.1, -0.05) is 53.6 Å². The van der Waals surface area contributed by atoms with Crippen molar-refractivity contribution in [2.75, 3.05) is 0 Å². The normalized spacial score (nSPS) is 12.2. The van der Waals surface area contributed by atoms with Gasteiger partial charge in [0.2, 0.25) is 0 Å². The van der Waals surface area contributed by atoms with E-state index in [9.17, 15) is 0 Å². The van der Waals surface area contributed by atoms with Gasteiger partial charge in [-0.15, -0.1) is 0 Å². The van der Waals surface area contributed by atoms with Crippen LogP contribution in [0.2, 0.25) is 5.02 Å². The van der Waals surface area contributed by atoms with Crippen LogP contribution in [0.3, 0.4) is 0 Å². The summed E-state index contributed by atoms with van der Waals surface area (Å²) in [5, 5.41) is 0.804. The van der Waals surface area contributed by atoms with E-state index < -0.39 is 0 Å². The van der Waals surface area contributed by atoms with Gasteiger partial charge < -0.3 is 4.57 Å². The summed E-state index contributed by atoms with van der Waals surface area (Å²) in [5.74, 6) is 0.631. The first-order chi connectivity index (χ1) is 12.2. The van der Waals surface area contributed by atoms with Gasteiger partial charge in [0, 0.05) is 24.0 Å². The molecule has 0 aliphatic carbocycles. The molecule has 0 aliphatic rings. The SMILES string of the molecule is Cc1ccc(CCC(CCc2ccc(Cl)cc2)Cn2ccnc2)cc1. The van der Waals surface area contributed by atoms with Crippen LogP contribution in [0.15, 0.2) is 67.3 Å². The van der Waals surface area contributed by atoms with Crippen LogP contribution in [-0.4, -0.2) is 9.55 Å². The summed E-state index contributed by atoms with van der Waals surface area (Å²) >= 11 is 5.99. The summed E-state index contributed by atoms with van der Waals surface area (Å²) in [6.45, 7) is 3.16. The summed E-state index contributed by atoms with van der Waals surface area (Å²) in [6.07, 6.45) is 10.4. The number of aryl methyl sites for hydroxylation is 3. The Morgan fingerprint density at radius 3 is 2.08 bits per heavy atom. The highest BCUT2D eigenvalue weighted by Gasteiger charge is 2.11. The van der Waals surface area contributed by atoms with Gasteiger partial charge in [-0.2, -0.15) is 0 Å². The Morgan fingerprint density at radius 1 is 0.920 bits per heavy atom. The summed E-state index contributed by atoms with van der Waals surface area (Å²) in [6, 6.07) is 17.1. The first kappa shape index (κ1) is 17.8. The lowest BCUT2D eigenvalue weighted by Gasteiger charge is -2.18. The van der Waals surface area contributed by atoms with Crippen molar-refractivity contribution >= 4 is 11.6 Å². The second kappa shape index (κ2) is 8.87. The Bertz CT molecular complexity index is 696. The van der Waals surface area contributed by atoms with E-state index in [-0.39, 0.29) is 0 Å². The largest absolute Gasteiger partial charge is 0.337 e. The number of aromatic nitrogens is 2. The zero-order valence-electron chi connectivity index (χ0n) is 14.7. The maximum Gasteiger partial charge on any atom is 0.0945 e. The lowest BCUT2D eigenvalue weighted by molar-refractivity contribution is 0.388. The highest BCUT2D eigenvalue weighted by molar-refractivity contribution is 6.30. The van der Waals surface area contributed by atoms with Gasteiger partial charge in [0.1, 0.15) is 0 Å². The number of rotatable bonds is 8. The van der Waals surface area contributed by atoms with Crippen LogP contribution in [0.5, 0.6) is 0 Å². The molecular weight excluding hydrogens is 328 g/mol. The molecule has 3 rings (SSSR count). The molecule has 3 aromatic rings. The van der Waals surface area contributed by atoms with Gasteiger partial charge in [0.15, 0.2) is 0 Å². The molecule has 0 amide bonds. The van der Waals surface area contributed by atoms with Crippen molar-refractivity contribution in [3.8, 4) is 0 Å². The number of imidazole rings is 1. The van der Waals surface area contributed by atoms with Crippen molar-refractivity contribution in [3.05, 3.63) is 89.0 Å². The van der Waals surface area contributed by atoms with Gasteiger partial charge >= 0.3 is 0 Å². The van der Waals surface area contributed by atoms with Gasteiger partial charge in [-0.25, -0.2) is 4.98 Å². The highest BCUT2D eigenvalue weighted by Crippen LogP contribution is 2.20. The summed E-state index contributed by atoms with van der Waals surface area (Å²) in [7, 11) is 0. The van der Waals surface area contributed by atoms with E-state index in [1.165, 1.54) is 29.5 Å². The van der Waals surface area contributed by atoms with Crippen molar-refractivity contribution in [3.63, 3.8) is 0 Å². The Balaban J connectivity index is 1.59. The van der Waals surface area contributed by atoms with Crippen molar-refractivity contribution in [1.82, 2.24) is 9.55 Å². The first-order valence-electron chi connectivity index (χ1n) is 8.95. The van der Waals surface area contributed by atoms with Crippen LogP contribution in [-0.2, 0) is 19.4 Å². The number of nitrogens with zero attached hydrogens (tertiary/aromatic N) is 2. The van der Waals surface area contributed by atoms with E-state index in [2.05, 4.69) is 59.1 Å². The molecule has 2 aromatic carbocycles. The second-order valence-corrected chi connectivity index (χ2v) is 7.25. The van der Waals surface area contributed by atoms with Gasteiger partial charge in [0.05, 0.1) is 6.33 Å². The Kier molecular flexibility index (Phi) is 6.30. The summed E-state index contributed by atoms with van der Waals surface area (Å²) in [4.78, 5) is 4.18. The van der Waals surface area contributed by atoms with Gasteiger partial charge in [0.25, 0.3) is 0 Å². The van der Waals surface area contributed by atoms with Crippen LogP contribution in [0.4, 0.5) is 0 Å². The van der Waals surface area contributed by atoms with Crippen LogP contribution >= 0.6 is 11.6 Å². The van der Waals surface area contributed by atoms with Gasteiger partial charge in [-0.3, -0.25) is 0 Å². The minimum absolute atomic E-state index is 0.631. The molecule has 130 valence electrons. The second-order valence-electron chi connectivity index (χ2n) is 6.81. The minimum atomic E-state index is 0.631.